The Morgan fingerprint density at radius 1 is 1.24 bits per heavy atom. The van der Waals surface area contributed by atoms with E-state index in [-0.39, 0.29) is 5.92 Å². The van der Waals surface area contributed by atoms with Crippen molar-refractivity contribution in [1.82, 2.24) is 0 Å². The summed E-state index contributed by atoms with van der Waals surface area (Å²) in [6, 6.07) is 3.94. The Balaban J connectivity index is 2.44. The van der Waals surface area contributed by atoms with Gasteiger partial charge in [-0.25, -0.2) is 0 Å². The second kappa shape index (κ2) is 4.65. The molecule has 1 aliphatic rings. The Kier molecular flexibility index (Phi) is 3.22. The van der Waals surface area contributed by atoms with E-state index in [0.717, 1.165) is 41.2 Å². The van der Waals surface area contributed by atoms with Crippen LogP contribution >= 0.6 is 0 Å². The highest BCUT2D eigenvalue weighted by Gasteiger charge is 2.31. The van der Waals surface area contributed by atoms with Crippen LogP contribution in [0.3, 0.4) is 0 Å². The molecule has 1 saturated carbocycles. The highest BCUT2D eigenvalue weighted by Crippen LogP contribution is 2.41. The van der Waals surface area contributed by atoms with Gasteiger partial charge in [0.15, 0.2) is 0 Å². The first-order valence-corrected chi connectivity index (χ1v) is 5.64. The van der Waals surface area contributed by atoms with Crippen LogP contribution in [0, 0.1) is 6.92 Å². The molecule has 1 N–H and O–H groups in total. The van der Waals surface area contributed by atoms with Crippen molar-refractivity contribution < 1.29 is 14.7 Å². The Morgan fingerprint density at radius 3 is 2.41 bits per heavy atom. The van der Waals surface area contributed by atoms with Crippen LogP contribution in [0.25, 0.3) is 0 Å². The van der Waals surface area contributed by atoms with Crippen molar-refractivity contribution >= 4 is 5.71 Å². The molecule has 1 aliphatic carbocycles. The van der Waals surface area contributed by atoms with Crippen molar-refractivity contribution in [2.45, 2.75) is 25.7 Å². The molecule has 17 heavy (non-hydrogen) atoms. The number of rotatable bonds is 3. The lowest BCUT2D eigenvalue weighted by atomic mass is 9.77. The standard InChI is InChI=1S/C13H17NO3/c1-8-6-13(17-3)10(7-12(8)16-2)9-4-5-11(9)14-15/h6-7,9,15H,4-5H2,1-3H3. The van der Waals surface area contributed by atoms with Crippen LogP contribution in [0.1, 0.15) is 29.9 Å². The zero-order valence-electron chi connectivity index (χ0n) is 10.4. The molecule has 0 saturated heterocycles. The number of aryl methyl sites for hydroxylation is 1. The first-order valence-electron chi connectivity index (χ1n) is 5.64. The third kappa shape index (κ3) is 1.95. The van der Waals surface area contributed by atoms with E-state index in [1.165, 1.54) is 0 Å². The molecule has 0 spiro atoms. The predicted octanol–water partition coefficient (Wildman–Crippen LogP) is 2.72. The van der Waals surface area contributed by atoms with E-state index in [1.54, 1.807) is 14.2 Å². The minimum atomic E-state index is 0.157. The zero-order chi connectivity index (χ0) is 12.4. The maximum absolute atomic E-state index is 8.88. The molecular formula is C13H17NO3. The first-order chi connectivity index (χ1) is 8.21. The number of nitrogens with zero attached hydrogens (tertiary/aromatic N) is 1. The number of oxime groups is 1. The summed E-state index contributed by atoms with van der Waals surface area (Å²) in [5.41, 5.74) is 2.89. The number of hydrogen-bond donors (Lipinski definition) is 1. The Labute approximate surface area is 101 Å². The van der Waals surface area contributed by atoms with Gasteiger partial charge in [0.1, 0.15) is 11.5 Å². The summed E-state index contributed by atoms with van der Waals surface area (Å²) in [5, 5.41) is 12.2. The van der Waals surface area contributed by atoms with Gasteiger partial charge >= 0.3 is 0 Å². The van der Waals surface area contributed by atoms with Gasteiger partial charge in [0.05, 0.1) is 19.9 Å². The summed E-state index contributed by atoms with van der Waals surface area (Å²) >= 11 is 0. The Morgan fingerprint density at radius 2 is 1.94 bits per heavy atom. The molecule has 1 fully saturated rings. The maximum atomic E-state index is 8.88. The van der Waals surface area contributed by atoms with Crippen LogP contribution in [0.5, 0.6) is 11.5 Å². The molecule has 0 bridgehead atoms. The van der Waals surface area contributed by atoms with Crippen molar-refractivity contribution in [2.24, 2.45) is 5.16 Å². The van der Waals surface area contributed by atoms with E-state index in [0.29, 0.717) is 0 Å². The lowest BCUT2D eigenvalue weighted by Crippen LogP contribution is -2.24. The van der Waals surface area contributed by atoms with E-state index in [1.807, 2.05) is 19.1 Å². The quantitative estimate of drug-likeness (QED) is 0.647. The largest absolute Gasteiger partial charge is 0.496 e. The first kappa shape index (κ1) is 11.8. The molecule has 0 aromatic heterocycles. The molecule has 4 nitrogen and oxygen atoms in total. The number of hydrogen-bond acceptors (Lipinski definition) is 4. The average molecular weight is 235 g/mol. The molecular weight excluding hydrogens is 218 g/mol. The monoisotopic (exact) mass is 235 g/mol. The maximum Gasteiger partial charge on any atom is 0.123 e. The van der Waals surface area contributed by atoms with Crippen molar-refractivity contribution in [1.29, 1.82) is 0 Å². The predicted molar refractivity (Wildman–Crippen MR) is 65.5 cm³/mol. The zero-order valence-corrected chi connectivity index (χ0v) is 10.4. The summed E-state index contributed by atoms with van der Waals surface area (Å²) < 4.78 is 10.7. The fraction of sp³-hybridized carbons (Fsp3) is 0.462. The fourth-order valence-electron chi connectivity index (χ4n) is 2.22. The molecule has 2 rings (SSSR count). The third-order valence-electron chi connectivity index (χ3n) is 3.34. The minimum absolute atomic E-state index is 0.157. The van der Waals surface area contributed by atoms with Gasteiger partial charge in [-0.15, -0.1) is 0 Å². The lowest BCUT2D eigenvalue weighted by molar-refractivity contribution is 0.310. The van der Waals surface area contributed by atoms with Gasteiger partial charge in [-0.1, -0.05) is 5.16 Å². The van der Waals surface area contributed by atoms with Crippen molar-refractivity contribution in [3.05, 3.63) is 23.3 Å². The van der Waals surface area contributed by atoms with E-state index in [9.17, 15) is 0 Å². The number of methoxy groups -OCH3 is 2. The van der Waals surface area contributed by atoms with Gasteiger partial charge in [-0.05, 0) is 37.5 Å². The summed E-state index contributed by atoms with van der Waals surface area (Å²) in [6.45, 7) is 1.98. The van der Waals surface area contributed by atoms with Crippen LogP contribution in [0.4, 0.5) is 0 Å². The molecule has 1 aromatic rings. The lowest BCUT2D eigenvalue weighted by Gasteiger charge is -2.29. The molecule has 0 amide bonds. The van der Waals surface area contributed by atoms with Gasteiger partial charge in [0.2, 0.25) is 0 Å². The van der Waals surface area contributed by atoms with Crippen LogP contribution in [0.2, 0.25) is 0 Å². The van der Waals surface area contributed by atoms with Crippen LogP contribution in [-0.2, 0) is 0 Å². The van der Waals surface area contributed by atoms with Gasteiger partial charge in [0, 0.05) is 11.5 Å². The van der Waals surface area contributed by atoms with Crippen LogP contribution < -0.4 is 9.47 Å². The molecule has 1 atom stereocenters. The van der Waals surface area contributed by atoms with E-state index >= 15 is 0 Å². The molecule has 4 heteroatoms. The average Bonchev–Trinajstić information content (AvgIpc) is 2.30. The van der Waals surface area contributed by atoms with Gasteiger partial charge in [-0.2, -0.15) is 0 Å². The SMILES string of the molecule is COc1cc(C2CCC2=NO)c(OC)cc1C. The highest BCUT2D eigenvalue weighted by molar-refractivity contribution is 5.96. The summed E-state index contributed by atoms with van der Waals surface area (Å²) in [7, 11) is 3.31. The summed E-state index contributed by atoms with van der Waals surface area (Å²) in [4.78, 5) is 0. The third-order valence-corrected chi connectivity index (χ3v) is 3.34. The van der Waals surface area contributed by atoms with Crippen LogP contribution in [0.15, 0.2) is 17.3 Å². The molecule has 1 aromatic carbocycles. The second-order valence-corrected chi connectivity index (χ2v) is 4.25. The molecule has 0 heterocycles. The van der Waals surface area contributed by atoms with E-state index in [4.69, 9.17) is 14.7 Å². The van der Waals surface area contributed by atoms with E-state index in [2.05, 4.69) is 5.16 Å². The number of ether oxygens (including phenoxy) is 2. The summed E-state index contributed by atoms with van der Waals surface area (Å²) in [5.74, 6) is 1.82. The molecule has 0 aliphatic heterocycles. The highest BCUT2D eigenvalue weighted by atomic mass is 16.5. The van der Waals surface area contributed by atoms with E-state index < -0.39 is 0 Å². The normalized spacial score (nSPS) is 21.1. The van der Waals surface area contributed by atoms with Crippen molar-refractivity contribution in [3.63, 3.8) is 0 Å². The minimum Gasteiger partial charge on any atom is -0.496 e. The fourth-order valence-corrected chi connectivity index (χ4v) is 2.22. The topological polar surface area (TPSA) is 51.0 Å². The Bertz CT molecular complexity index is 454. The van der Waals surface area contributed by atoms with Crippen molar-refractivity contribution in [2.75, 3.05) is 14.2 Å². The van der Waals surface area contributed by atoms with Crippen molar-refractivity contribution in [3.8, 4) is 11.5 Å². The van der Waals surface area contributed by atoms with Gasteiger partial charge in [0.25, 0.3) is 0 Å². The van der Waals surface area contributed by atoms with Gasteiger partial charge in [-0.3, -0.25) is 0 Å². The smallest absolute Gasteiger partial charge is 0.123 e. The van der Waals surface area contributed by atoms with Gasteiger partial charge < -0.3 is 14.7 Å². The second-order valence-electron chi connectivity index (χ2n) is 4.25. The molecule has 0 radical (unpaired) electrons. The summed E-state index contributed by atoms with van der Waals surface area (Å²) in [6.07, 6.45) is 1.84. The molecule has 1 unspecified atom stereocenters. The van der Waals surface area contributed by atoms with Crippen LogP contribution in [-0.4, -0.2) is 25.1 Å². The Hall–Kier alpha value is -1.71. The molecule has 92 valence electrons. The number of benzene rings is 1.